The fraction of sp³-hybridized carbons (Fsp3) is 0.700. The summed E-state index contributed by atoms with van der Waals surface area (Å²) in [6.07, 6.45) is 7.28. The van der Waals surface area contributed by atoms with Gasteiger partial charge in [0.05, 0.1) is 18.7 Å². The first-order valence-electron chi connectivity index (χ1n) is 4.81. The highest BCUT2D eigenvalue weighted by Gasteiger charge is 2.19. The fourth-order valence-corrected chi connectivity index (χ4v) is 1.38. The highest BCUT2D eigenvalue weighted by molar-refractivity contribution is 5.82. The van der Waals surface area contributed by atoms with Crippen LogP contribution < -0.4 is 11.1 Å². The molecular formula is C10H16N2O2. The van der Waals surface area contributed by atoms with Crippen molar-refractivity contribution in [1.29, 1.82) is 0 Å². The lowest BCUT2D eigenvalue weighted by molar-refractivity contribution is -0.123. The van der Waals surface area contributed by atoms with Gasteiger partial charge in [0.15, 0.2) is 0 Å². The average molecular weight is 196 g/mol. The van der Waals surface area contributed by atoms with E-state index in [1.165, 1.54) is 0 Å². The number of nitrogens with two attached hydrogens (primary N) is 1. The van der Waals surface area contributed by atoms with Crippen LogP contribution in [0.5, 0.6) is 0 Å². The predicted molar refractivity (Wildman–Crippen MR) is 53.4 cm³/mol. The maximum Gasteiger partial charge on any atom is 0.238 e. The molecule has 0 aromatic carbocycles. The molecule has 0 aromatic heterocycles. The zero-order chi connectivity index (χ0) is 10.4. The molecule has 2 atom stereocenters. The smallest absolute Gasteiger partial charge is 0.238 e. The van der Waals surface area contributed by atoms with Crippen LogP contribution in [0.2, 0.25) is 0 Å². The van der Waals surface area contributed by atoms with Crippen molar-refractivity contribution in [1.82, 2.24) is 5.32 Å². The average Bonchev–Trinajstić information content (AvgIpc) is 2.19. The molecule has 0 saturated carbocycles. The molecule has 1 heterocycles. The van der Waals surface area contributed by atoms with Gasteiger partial charge < -0.3 is 15.8 Å². The van der Waals surface area contributed by atoms with Gasteiger partial charge in [-0.1, -0.05) is 0 Å². The van der Waals surface area contributed by atoms with Crippen LogP contribution in [0.4, 0.5) is 0 Å². The second-order valence-electron chi connectivity index (χ2n) is 3.44. The molecule has 14 heavy (non-hydrogen) atoms. The van der Waals surface area contributed by atoms with E-state index in [2.05, 4.69) is 11.2 Å². The first-order chi connectivity index (χ1) is 6.74. The maximum absolute atomic E-state index is 11.4. The van der Waals surface area contributed by atoms with Gasteiger partial charge in [0.1, 0.15) is 0 Å². The van der Waals surface area contributed by atoms with Crippen molar-refractivity contribution in [3.63, 3.8) is 0 Å². The first kappa shape index (κ1) is 11.0. The second-order valence-corrected chi connectivity index (χ2v) is 3.44. The third-order valence-electron chi connectivity index (χ3n) is 2.18. The zero-order valence-electron chi connectivity index (χ0n) is 8.16. The molecule has 0 bridgehead atoms. The summed E-state index contributed by atoms with van der Waals surface area (Å²) in [5.41, 5.74) is 5.55. The summed E-state index contributed by atoms with van der Waals surface area (Å²) in [5.74, 6) is 2.19. The normalized spacial score (nSPS) is 23.6. The van der Waals surface area contributed by atoms with Crippen molar-refractivity contribution in [3.05, 3.63) is 0 Å². The molecule has 1 rings (SSSR count). The Kier molecular flexibility index (Phi) is 4.44. The topological polar surface area (TPSA) is 64.4 Å². The van der Waals surface area contributed by atoms with Gasteiger partial charge in [-0.15, -0.1) is 12.3 Å². The van der Waals surface area contributed by atoms with E-state index < -0.39 is 6.04 Å². The largest absolute Gasteiger partial charge is 0.379 e. The minimum Gasteiger partial charge on any atom is -0.379 e. The Hall–Kier alpha value is -1.05. The van der Waals surface area contributed by atoms with Crippen LogP contribution in [0, 0.1) is 12.3 Å². The molecule has 1 aliphatic heterocycles. The molecule has 0 spiro atoms. The van der Waals surface area contributed by atoms with Gasteiger partial charge in [0.25, 0.3) is 0 Å². The van der Waals surface area contributed by atoms with Gasteiger partial charge >= 0.3 is 0 Å². The number of hydrogen-bond acceptors (Lipinski definition) is 3. The van der Waals surface area contributed by atoms with Gasteiger partial charge in [-0.25, -0.2) is 0 Å². The highest BCUT2D eigenvalue weighted by atomic mass is 16.5. The molecule has 1 saturated heterocycles. The van der Waals surface area contributed by atoms with Crippen molar-refractivity contribution >= 4 is 5.91 Å². The summed E-state index contributed by atoms with van der Waals surface area (Å²) in [5, 5.41) is 2.82. The number of hydrogen-bond donors (Lipinski definition) is 2. The van der Waals surface area contributed by atoms with Crippen LogP contribution >= 0.6 is 0 Å². The standard InChI is InChI=1S/C10H16N2O2/c1-2-4-9(11)10(13)12-8-5-3-6-14-7-8/h1,8-9H,3-7,11H2,(H,12,13). The maximum atomic E-state index is 11.4. The molecule has 4 nitrogen and oxygen atoms in total. The van der Waals surface area contributed by atoms with Gasteiger partial charge in [-0.2, -0.15) is 0 Å². The monoisotopic (exact) mass is 196 g/mol. The molecule has 0 radical (unpaired) electrons. The van der Waals surface area contributed by atoms with E-state index in [1.807, 2.05) is 0 Å². The minimum atomic E-state index is -0.595. The lowest BCUT2D eigenvalue weighted by Gasteiger charge is -2.24. The van der Waals surface area contributed by atoms with Crippen molar-refractivity contribution in [2.24, 2.45) is 5.73 Å². The molecule has 3 N–H and O–H groups in total. The van der Waals surface area contributed by atoms with E-state index in [1.54, 1.807) is 0 Å². The summed E-state index contributed by atoms with van der Waals surface area (Å²) < 4.78 is 5.23. The molecule has 0 aromatic rings. The Morgan fingerprint density at radius 2 is 2.57 bits per heavy atom. The van der Waals surface area contributed by atoms with Crippen LogP contribution in [0.25, 0.3) is 0 Å². The van der Waals surface area contributed by atoms with E-state index in [0.29, 0.717) is 6.61 Å². The Morgan fingerprint density at radius 3 is 3.14 bits per heavy atom. The third-order valence-corrected chi connectivity index (χ3v) is 2.18. The van der Waals surface area contributed by atoms with Crippen LogP contribution in [0.3, 0.4) is 0 Å². The van der Waals surface area contributed by atoms with Gasteiger partial charge in [0.2, 0.25) is 5.91 Å². The van der Waals surface area contributed by atoms with E-state index in [-0.39, 0.29) is 18.4 Å². The Balaban J connectivity index is 2.28. The third kappa shape index (κ3) is 3.36. The molecule has 1 aliphatic rings. The number of rotatable bonds is 3. The molecule has 1 fully saturated rings. The minimum absolute atomic E-state index is 0.0973. The van der Waals surface area contributed by atoms with Crippen molar-refractivity contribution in [2.75, 3.05) is 13.2 Å². The molecule has 4 heteroatoms. The van der Waals surface area contributed by atoms with Gasteiger partial charge in [-0.3, -0.25) is 4.79 Å². The number of ether oxygens (including phenoxy) is 1. The lowest BCUT2D eigenvalue weighted by atomic mass is 10.1. The summed E-state index contributed by atoms with van der Waals surface area (Å²) in [6.45, 7) is 1.36. The lowest BCUT2D eigenvalue weighted by Crippen LogP contribution is -2.48. The number of terminal acetylenes is 1. The van der Waals surface area contributed by atoms with Gasteiger partial charge in [-0.05, 0) is 12.8 Å². The van der Waals surface area contributed by atoms with Crippen LogP contribution in [-0.4, -0.2) is 31.2 Å². The molecular weight excluding hydrogens is 180 g/mol. The van der Waals surface area contributed by atoms with Crippen LogP contribution in [0.1, 0.15) is 19.3 Å². The Morgan fingerprint density at radius 1 is 1.79 bits per heavy atom. The zero-order valence-corrected chi connectivity index (χ0v) is 8.16. The number of carbonyl (C=O) groups excluding carboxylic acids is 1. The number of carbonyl (C=O) groups is 1. The van der Waals surface area contributed by atoms with E-state index in [0.717, 1.165) is 19.4 Å². The van der Waals surface area contributed by atoms with Crippen molar-refractivity contribution in [3.8, 4) is 12.3 Å². The fourth-order valence-electron chi connectivity index (χ4n) is 1.38. The first-order valence-corrected chi connectivity index (χ1v) is 4.81. The Labute approximate surface area is 84.2 Å². The number of nitrogens with one attached hydrogen (secondary N) is 1. The number of amides is 1. The van der Waals surface area contributed by atoms with Crippen LogP contribution in [0.15, 0.2) is 0 Å². The summed E-state index contributed by atoms with van der Waals surface area (Å²) >= 11 is 0. The van der Waals surface area contributed by atoms with Crippen molar-refractivity contribution in [2.45, 2.75) is 31.3 Å². The summed E-state index contributed by atoms with van der Waals surface area (Å²) in [7, 11) is 0. The van der Waals surface area contributed by atoms with Crippen molar-refractivity contribution < 1.29 is 9.53 Å². The SMILES string of the molecule is C#CCC(N)C(=O)NC1CCCOC1. The highest BCUT2D eigenvalue weighted by Crippen LogP contribution is 2.05. The quantitative estimate of drug-likeness (QED) is 0.605. The molecule has 0 aliphatic carbocycles. The summed E-state index contributed by atoms with van der Waals surface area (Å²) in [6, 6.07) is -0.498. The van der Waals surface area contributed by atoms with E-state index in [9.17, 15) is 4.79 Å². The molecule has 1 amide bonds. The summed E-state index contributed by atoms with van der Waals surface area (Å²) in [4.78, 5) is 11.4. The Bertz CT molecular complexity index is 229. The second kappa shape index (κ2) is 5.63. The van der Waals surface area contributed by atoms with Gasteiger partial charge in [0, 0.05) is 13.0 Å². The van der Waals surface area contributed by atoms with Crippen LogP contribution in [-0.2, 0) is 9.53 Å². The van der Waals surface area contributed by atoms with E-state index >= 15 is 0 Å². The molecule has 2 unspecified atom stereocenters. The van der Waals surface area contributed by atoms with E-state index in [4.69, 9.17) is 16.9 Å². The predicted octanol–water partition coefficient (Wildman–Crippen LogP) is -0.368. The molecule has 78 valence electrons.